The summed E-state index contributed by atoms with van der Waals surface area (Å²) in [5.74, 6) is 2.26. The first-order valence-electron chi connectivity index (χ1n) is 11.5. The number of hydrogen-bond donors (Lipinski definition) is 1. The van der Waals surface area contributed by atoms with Crippen LogP contribution >= 0.6 is 23.2 Å². The molecule has 0 radical (unpaired) electrons. The van der Waals surface area contributed by atoms with E-state index in [9.17, 15) is 4.79 Å². The van der Waals surface area contributed by atoms with Crippen molar-refractivity contribution in [3.63, 3.8) is 0 Å². The fourth-order valence-corrected chi connectivity index (χ4v) is 5.06. The van der Waals surface area contributed by atoms with Gasteiger partial charge in [-0.25, -0.2) is 0 Å². The van der Waals surface area contributed by atoms with Gasteiger partial charge in [-0.2, -0.15) is 0 Å². The number of aromatic nitrogens is 2. The summed E-state index contributed by atoms with van der Waals surface area (Å²) in [5.41, 5.74) is 1.46. The Morgan fingerprint density at radius 2 is 1.54 bits per heavy atom. The molecule has 7 nitrogen and oxygen atoms in total. The molecular formula is C26H21Cl2N3O4. The van der Waals surface area contributed by atoms with Gasteiger partial charge in [-0.05, 0) is 74.2 Å². The van der Waals surface area contributed by atoms with Crippen molar-refractivity contribution in [2.45, 2.75) is 38.1 Å². The average Bonchev–Trinajstić information content (AvgIpc) is 3.59. The van der Waals surface area contributed by atoms with Crippen molar-refractivity contribution in [3.8, 4) is 11.7 Å². The average molecular weight is 510 g/mol. The van der Waals surface area contributed by atoms with Gasteiger partial charge in [0.15, 0.2) is 5.76 Å². The molecule has 35 heavy (non-hydrogen) atoms. The highest BCUT2D eigenvalue weighted by Crippen LogP contribution is 2.37. The zero-order valence-electron chi connectivity index (χ0n) is 18.6. The van der Waals surface area contributed by atoms with Crippen LogP contribution in [0.5, 0.6) is 0 Å². The van der Waals surface area contributed by atoms with Crippen LogP contribution in [0.15, 0.2) is 61.8 Å². The third-order valence-corrected chi connectivity index (χ3v) is 7.01. The molecule has 9 heteroatoms. The van der Waals surface area contributed by atoms with Gasteiger partial charge in [-0.1, -0.05) is 23.2 Å². The Labute approximate surface area is 210 Å². The maximum absolute atomic E-state index is 12.7. The highest BCUT2D eigenvalue weighted by atomic mass is 35.5. The third-order valence-electron chi connectivity index (χ3n) is 6.54. The predicted octanol–water partition coefficient (Wildman–Crippen LogP) is 7.13. The minimum absolute atomic E-state index is 0.0362. The fourth-order valence-electron chi connectivity index (χ4n) is 4.70. The van der Waals surface area contributed by atoms with Crippen LogP contribution in [0.3, 0.4) is 0 Å². The molecule has 3 heterocycles. The zero-order valence-corrected chi connectivity index (χ0v) is 20.1. The monoisotopic (exact) mass is 509 g/mol. The van der Waals surface area contributed by atoms with Crippen LogP contribution in [-0.2, 0) is 11.3 Å². The molecule has 1 N–H and O–H groups in total. The Bertz CT molecular complexity index is 1530. The Balaban J connectivity index is 1.05. The predicted molar refractivity (Wildman–Crippen MR) is 132 cm³/mol. The molecule has 5 aromatic rings. The second kappa shape index (κ2) is 9.06. The van der Waals surface area contributed by atoms with Crippen molar-refractivity contribution in [3.05, 3.63) is 70.2 Å². The summed E-state index contributed by atoms with van der Waals surface area (Å²) in [6.45, 7) is 0.348. The van der Waals surface area contributed by atoms with Crippen molar-refractivity contribution in [1.82, 2.24) is 15.5 Å². The summed E-state index contributed by atoms with van der Waals surface area (Å²) < 4.78 is 17.5. The smallest absolute Gasteiger partial charge is 0.283 e. The molecule has 1 aliphatic carbocycles. The van der Waals surface area contributed by atoms with Gasteiger partial charge in [0, 0.05) is 32.7 Å². The van der Waals surface area contributed by atoms with Crippen LogP contribution < -0.4 is 5.32 Å². The number of nitrogens with zero attached hydrogens (tertiary/aromatic N) is 2. The number of carbonyl (C=O) groups excluding carboxylic acids is 1. The topological polar surface area (TPSA) is 94.3 Å². The lowest BCUT2D eigenvalue weighted by molar-refractivity contribution is -0.126. The van der Waals surface area contributed by atoms with Crippen LogP contribution in [0.4, 0.5) is 0 Å². The molecule has 1 amide bonds. The molecule has 1 fully saturated rings. The van der Waals surface area contributed by atoms with Crippen molar-refractivity contribution in [1.29, 1.82) is 0 Å². The third kappa shape index (κ3) is 4.54. The van der Waals surface area contributed by atoms with Gasteiger partial charge >= 0.3 is 0 Å². The van der Waals surface area contributed by atoms with E-state index in [0.717, 1.165) is 42.0 Å². The molecule has 1 aliphatic rings. The number of amides is 1. The van der Waals surface area contributed by atoms with Crippen LogP contribution in [-0.4, -0.2) is 16.1 Å². The largest absolute Gasteiger partial charge is 0.459 e. The summed E-state index contributed by atoms with van der Waals surface area (Å²) in [5, 5.41) is 14.5. The van der Waals surface area contributed by atoms with E-state index in [0.29, 0.717) is 45.5 Å². The summed E-state index contributed by atoms with van der Waals surface area (Å²) in [7, 11) is 0. The Kier molecular flexibility index (Phi) is 5.74. The number of benzene rings is 2. The number of nitrogens with one attached hydrogen (secondary N) is 1. The molecule has 3 aromatic heterocycles. The first kappa shape index (κ1) is 22.2. The number of halogens is 2. The van der Waals surface area contributed by atoms with Crippen molar-refractivity contribution >= 4 is 51.0 Å². The van der Waals surface area contributed by atoms with Crippen molar-refractivity contribution < 1.29 is 18.0 Å². The molecular weight excluding hydrogens is 489 g/mol. The maximum atomic E-state index is 12.7. The molecule has 0 atom stereocenters. The molecule has 0 saturated heterocycles. The lowest BCUT2D eigenvalue weighted by Gasteiger charge is -2.25. The van der Waals surface area contributed by atoms with E-state index in [2.05, 4.69) is 15.5 Å². The zero-order chi connectivity index (χ0) is 23.9. The quantitative estimate of drug-likeness (QED) is 0.270. The number of carbonyl (C=O) groups is 1. The summed E-state index contributed by atoms with van der Waals surface area (Å²) in [6.07, 6.45) is 3.12. The van der Waals surface area contributed by atoms with Gasteiger partial charge in [0.25, 0.3) is 5.89 Å². The van der Waals surface area contributed by atoms with Crippen LogP contribution in [0, 0.1) is 5.92 Å². The maximum Gasteiger partial charge on any atom is 0.283 e. The Morgan fingerprint density at radius 1 is 0.857 bits per heavy atom. The van der Waals surface area contributed by atoms with E-state index >= 15 is 0 Å². The lowest BCUT2D eigenvalue weighted by Crippen LogP contribution is -2.32. The first-order valence-corrected chi connectivity index (χ1v) is 12.3. The van der Waals surface area contributed by atoms with Crippen LogP contribution in [0.2, 0.25) is 10.0 Å². The molecule has 0 aliphatic heterocycles. The molecule has 2 aromatic carbocycles. The van der Waals surface area contributed by atoms with E-state index in [1.165, 1.54) is 0 Å². The Hall–Kier alpha value is -3.29. The van der Waals surface area contributed by atoms with E-state index in [4.69, 9.17) is 36.5 Å². The molecule has 1 saturated carbocycles. The minimum atomic E-state index is -0.0485. The van der Waals surface area contributed by atoms with E-state index < -0.39 is 0 Å². The lowest BCUT2D eigenvalue weighted by atomic mass is 9.81. The second-order valence-electron chi connectivity index (χ2n) is 8.90. The van der Waals surface area contributed by atoms with E-state index in [1.807, 2.05) is 36.4 Å². The van der Waals surface area contributed by atoms with E-state index in [1.54, 1.807) is 12.1 Å². The number of furan rings is 2. The molecule has 0 unspecified atom stereocenters. The van der Waals surface area contributed by atoms with Gasteiger partial charge < -0.3 is 18.6 Å². The molecule has 0 spiro atoms. The summed E-state index contributed by atoms with van der Waals surface area (Å²) >= 11 is 12.1. The number of hydrogen-bond acceptors (Lipinski definition) is 6. The van der Waals surface area contributed by atoms with Crippen LogP contribution in [0.1, 0.15) is 43.3 Å². The van der Waals surface area contributed by atoms with Gasteiger partial charge in [-0.3, -0.25) is 4.79 Å². The second-order valence-corrected chi connectivity index (χ2v) is 9.77. The van der Waals surface area contributed by atoms with Gasteiger partial charge in [0.2, 0.25) is 11.8 Å². The first-order chi connectivity index (χ1) is 17.0. The molecule has 0 bridgehead atoms. The minimum Gasteiger partial charge on any atom is -0.459 e. The van der Waals surface area contributed by atoms with Gasteiger partial charge in [0.1, 0.15) is 16.9 Å². The Morgan fingerprint density at radius 3 is 2.29 bits per heavy atom. The van der Waals surface area contributed by atoms with E-state index in [-0.39, 0.29) is 17.7 Å². The SMILES string of the molecule is O=C(NCc1cc2cc(Cl)ccc2o1)C1CCC(c2nnc(-c3cc4cc(Cl)ccc4o3)o2)CC1. The number of rotatable bonds is 5. The normalized spacial score (nSPS) is 18.3. The fraction of sp³-hybridized carbons (Fsp3) is 0.269. The number of fused-ring (bicyclic) bond motifs is 2. The molecule has 178 valence electrons. The van der Waals surface area contributed by atoms with Crippen LogP contribution in [0.25, 0.3) is 33.6 Å². The molecule has 6 rings (SSSR count). The summed E-state index contributed by atoms with van der Waals surface area (Å²) in [6, 6.07) is 14.6. The highest BCUT2D eigenvalue weighted by Gasteiger charge is 2.30. The highest BCUT2D eigenvalue weighted by molar-refractivity contribution is 6.31. The van der Waals surface area contributed by atoms with Gasteiger partial charge in [0.05, 0.1) is 6.54 Å². The summed E-state index contributed by atoms with van der Waals surface area (Å²) in [4.78, 5) is 12.7. The van der Waals surface area contributed by atoms with Crippen molar-refractivity contribution in [2.75, 3.05) is 0 Å². The standard InChI is InChI=1S/C26H21Cl2N3O4/c27-18-5-7-21-16(9-18)11-20(33-21)13-29-24(32)14-1-3-15(4-2-14)25-30-31-26(35-25)23-12-17-10-19(28)6-8-22(17)34-23/h5-12,14-15H,1-4,13H2,(H,29,32). The van der Waals surface area contributed by atoms with Gasteiger partial charge in [-0.15, -0.1) is 10.2 Å². The van der Waals surface area contributed by atoms with Crippen molar-refractivity contribution in [2.24, 2.45) is 5.92 Å².